The van der Waals surface area contributed by atoms with Crippen LogP contribution in [-0.4, -0.2) is 59.8 Å². The summed E-state index contributed by atoms with van der Waals surface area (Å²) in [7, 11) is 0. The number of amides is 1. The molecule has 4 aromatic rings. The van der Waals surface area contributed by atoms with Crippen LogP contribution < -0.4 is 5.73 Å². The van der Waals surface area contributed by atoms with Gasteiger partial charge in [0, 0.05) is 24.1 Å². The number of aromatic nitrogens is 5. The van der Waals surface area contributed by atoms with Gasteiger partial charge < -0.3 is 10.5 Å². The molecule has 1 fully saturated rings. The van der Waals surface area contributed by atoms with Crippen LogP contribution in [0.2, 0.25) is 5.02 Å². The number of carbonyl (C=O) groups excluding carboxylic acids is 2. The van der Waals surface area contributed by atoms with Gasteiger partial charge in [0.2, 0.25) is 5.92 Å². The lowest BCUT2D eigenvalue weighted by atomic mass is 9.75. The summed E-state index contributed by atoms with van der Waals surface area (Å²) in [6.45, 7) is 3.16. The Morgan fingerprint density at radius 1 is 1.06 bits per heavy atom. The Hall–Kier alpha value is -4.93. The summed E-state index contributed by atoms with van der Waals surface area (Å²) in [5, 5.41) is 7.60. The maximum Gasteiger partial charge on any atom is 0.333 e. The van der Waals surface area contributed by atoms with Gasteiger partial charge in [0.05, 0.1) is 22.9 Å². The summed E-state index contributed by atoms with van der Waals surface area (Å²) in [4.78, 5) is 37.5. The molecule has 54 heavy (non-hydrogen) atoms. The number of guanidine groups is 1. The Morgan fingerprint density at radius 2 is 1.76 bits per heavy atom. The Balaban J connectivity index is 1.38. The van der Waals surface area contributed by atoms with E-state index in [2.05, 4.69) is 15.2 Å². The fraction of sp³-hybridized carbons (Fsp3) is 0.444. The van der Waals surface area contributed by atoms with Crippen LogP contribution in [0, 0.1) is 17.3 Å². The number of ether oxygens (including phenoxy) is 1. The minimum Gasteiger partial charge on any atom is -0.463 e. The first kappa shape index (κ1) is 38.8. The molecule has 2 aromatic carbocycles. The molecule has 1 aliphatic heterocycles. The molecule has 1 aliphatic carbocycles. The van der Waals surface area contributed by atoms with Crippen molar-refractivity contribution in [3.05, 3.63) is 83.2 Å². The third-order valence-corrected chi connectivity index (χ3v) is 9.80. The van der Waals surface area contributed by atoms with Gasteiger partial charge in [-0.1, -0.05) is 62.7 Å². The molecule has 18 heteroatoms. The lowest BCUT2D eigenvalue weighted by molar-refractivity contribution is -0.148. The molecule has 0 unspecified atom stereocenters. The van der Waals surface area contributed by atoms with Crippen LogP contribution in [0.5, 0.6) is 0 Å². The highest BCUT2D eigenvalue weighted by atomic mass is 35.5. The summed E-state index contributed by atoms with van der Waals surface area (Å²) >= 11 is 6.45. The van der Waals surface area contributed by atoms with Gasteiger partial charge in [-0.3, -0.25) is 14.5 Å². The van der Waals surface area contributed by atoms with Crippen LogP contribution in [0.3, 0.4) is 0 Å². The summed E-state index contributed by atoms with van der Waals surface area (Å²) in [6.07, 6.45) is 0.409. The lowest BCUT2D eigenvalue weighted by Gasteiger charge is -2.35. The number of hydrogen-bond donors (Lipinski definition) is 1. The number of esters is 1. The molecule has 0 bridgehead atoms. The molecule has 0 spiro atoms. The van der Waals surface area contributed by atoms with Crippen molar-refractivity contribution in [2.75, 3.05) is 6.61 Å². The predicted octanol–water partition coefficient (Wildman–Crippen LogP) is 7.87. The zero-order chi connectivity index (χ0) is 39.3. The standard InChI is InChI=1S/C36H37ClF6N8O3/c1-34(2,3)17-36(23-8-5-19(6-9-23)22-14-46-49(15-22)32(40)41)31(53)50(33(44)48-36)27(16-54-28(52)13-21-11-24(21)35(4,42)43)20-7-10-25(37)26(12-20)51-30(29(38)39)45-18-47-51/h5-10,12,14-15,18,21,24,27,29,32H,11,13,16-17H2,1-4H3,(H2,44,48)/t21-,24+,27+,36+/m0/s1. The summed E-state index contributed by atoms with van der Waals surface area (Å²) in [6, 6.07) is 9.63. The van der Waals surface area contributed by atoms with Gasteiger partial charge in [-0.05, 0) is 59.9 Å². The molecule has 2 aromatic heterocycles. The first-order valence-electron chi connectivity index (χ1n) is 16.9. The van der Waals surface area contributed by atoms with Crippen LogP contribution in [0.15, 0.2) is 66.2 Å². The molecule has 1 amide bonds. The Morgan fingerprint density at radius 3 is 2.35 bits per heavy atom. The van der Waals surface area contributed by atoms with Gasteiger partial charge in [-0.2, -0.15) is 19.0 Å². The molecule has 2 aliphatic rings. The number of rotatable bonds is 13. The average molecular weight is 779 g/mol. The topological polar surface area (TPSA) is 134 Å². The van der Waals surface area contributed by atoms with E-state index in [1.807, 2.05) is 20.8 Å². The van der Waals surface area contributed by atoms with Gasteiger partial charge in [-0.25, -0.2) is 36.9 Å². The monoisotopic (exact) mass is 778 g/mol. The quantitative estimate of drug-likeness (QED) is 0.108. The predicted molar refractivity (Wildman–Crippen MR) is 185 cm³/mol. The van der Waals surface area contributed by atoms with E-state index in [4.69, 9.17) is 27.1 Å². The Labute approximate surface area is 311 Å². The minimum atomic E-state index is -3.02. The Bertz CT molecular complexity index is 2060. The van der Waals surface area contributed by atoms with E-state index < -0.39 is 72.0 Å². The number of alkyl halides is 6. The number of benzene rings is 2. The van der Waals surface area contributed by atoms with E-state index in [1.165, 1.54) is 30.6 Å². The van der Waals surface area contributed by atoms with Crippen LogP contribution in [0.25, 0.3) is 16.8 Å². The van der Waals surface area contributed by atoms with Gasteiger partial charge in [-0.15, -0.1) is 0 Å². The molecule has 1 saturated carbocycles. The highest BCUT2D eigenvalue weighted by Crippen LogP contribution is 2.51. The first-order valence-corrected chi connectivity index (χ1v) is 17.3. The summed E-state index contributed by atoms with van der Waals surface area (Å²) in [5.41, 5.74) is 6.05. The number of halogens is 7. The van der Waals surface area contributed by atoms with Gasteiger partial charge in [0.1, 0.15) is 12.9 Å². The van der Waals surface area contributed by atoms with Crippen LogP contribution in [0.4, 0.5) is 26.3 Å². The molecule has 0 radical (unpaired) electrons. The number of nitrogens with two attached hydrogens (primary N) is 1. The largest absolute Gasteiger partial charge is 0.463 e. The van der Waals surface area contributed by atoms with E-state index in [-0.39, 0.29) is 41.5 Å². The number of aliphatic imine (C=N–C) groups is 1. The molecular formula is C36H37ClF6N8O3. The van der Waals surface area contributed by atoms with Crippen molar-refractivity contribution >= 4 is 29.4 Å². The molecule has 4 atom stereocenters. The molecule has 3 heterocycles. The SMILES string of the molecule is CC(C)(C)C[C@]1(c2ccc(-c3cnn(C(F)F)c3)cc2)N=C(N)N([C@H](COC(=O)C[C@@H]2C[C@H]2C(C)(F)F)c2ccc(Cl)c(-n3ncnc3C(F)F)c2)C1=O. The van der Waals surface area contributed by atoms with Gasteiger partial charge in [0.15, 0.2) is 17.3 Å². The zero-order valence-electron chi connectivity index (χ0n) is 29.6. The fourth-order valence-electron chi connectivity index (χ4n) is 6.95. The van der Waals surface area contributed by atoms with E-state index >= 15 is 0 Å². The van der Waals surface area contributed by atoms with E-state index in [0.29, 0.717) is 21.4 Å². The van der Waals surface area contributed by atoms with Gasteiger partial charge >= 0.3 is 12.5 Å². The second-order valence-corrected chi connectivity index (χ2v) is 15.2. The average Bonchev–Trinajstić information content (AvgIpc) is 3.40. The van der Waals surface area contributed by atoms with Crippen molar-refractivity contribution < 1.29 is 40.7 Å². The second-order valence-electron chi connectivity index (χ2n) is 14.8. The van der Waals surface area contributed by atoms with E-state index in [9.17, 15) is 35.9 Å². The normalized spacial score (nSPS) is 20.9. The molecule has 6 rings (SSSR count). The van der Waals surface area contributed by atoms with Crippen molar-refractivity contribution in [3.8, 4) is 16.8 Å². The van der Waals surface area contributed by atoms with Crippen molar-refractivity contribution in [1.82, 2.24) is 29.4 Å². The maximum atomic E-state index is 14.9. The van der Waals surface area contributed by atoms with Gasteiger partial charge in [0.25, 0.3) is 12.3 Å². The molecule has 2 N–H and O–H groups in total. The first-order chi connectivity index (χ1) is 25.3. The number of nitrogens with zero attached hydrogens (tertiary/aromatic N) is 7. The molecule has 0 saturated heterocycles. The van der Waals surface area contributed by atoms with Crippen LogP contribution >= 0.6 is 11.6 Å². The lowest BCUT2D eigenvalue weighted by Crippen LogP contribution is -2.47. The number of hydrogen-bond acceptors (Lipinski definition) is 8. The van der Waals surface area contributed by atoms with Crippen molar-refractivity contribution in [3.63, 3.8) is 0 Å². The van der Waals surface area contributed by atoms with Crippen molar-refractivity contribution in [1.29, 1.82) is 0 Å². The molecule has 288 valence electrons. The van der Waals surface area contributed by atoms with Crippen LogP contribution in [0.1, 0.15) is 82.9 Å². The summed E-state index contributed by atoms with van der Waals surface area (Å²) < 4.78 is 88.8. The number of carbonyl (C=O) groups is 2. The molecular weight excluding hydrogens is 742 g/mol. The summed E-state index contributed by atoms with van der Waals surface area (Å²) in [5.74, 6) is -6.82. The molecule has 11 nitrogen and oxygen atoms in total. The second kappa shape index (κ2) is 14.4. The maximum absolute atomic E-state index is 14.9. The van der Waals surface area contributed by atoms with Crippen LogP contribution in [-0.2, 0) is 19.9 Å². The fourth-order valence-corrected chi connectivity index (χ4v) is 7.15. The Kier molecular flexibility index (Phi) is 10.3. The van der Waals surface area contributed by atoms with E-state index in [1.54, 1.807) is 24.3 Å². The third kappa shape index (κ3) is 7.81. The van der Waals surface area contributed by atoms with E-state index in [0.717, 1.165) is 22.8 Å². The zero-order valence-corrected chi connectivity index (χ0v) is 30.3. The highest BCUT2D eigenvalue weighted by molar-refractivity contribution is 6.32. The smallest absolute Gasteiger partial charge is 0.333 e. The highest BCUT2D eigenvalue weighted by Gasteiger charge is 2.54. The third-order valence-electron chi connectivity index (χ3n) is 9.48. The minimum absolute atomic E-state index is 0.0119. The van der Waals surface area contributed by atoms with Crippen molar-refractivity contribution in [2.45, 2.75) is 77.4 Å². The van der Waals surface area contributed by atoms with Crippen molar-refractivity contribution in [2.24, 2.45) is 28.0 Å².